The Bertz CT molecular complexity index is 432. The van der Waals surface area contributed by atoms with Crippen molar-refractivity contribution in [3.63, 3.8) is 0 Å². The molecule has 0 aromatic carbocycles. The molecule has 22 heavy (non-hydrogen) atoms. The predicted molar refractivity (Wildman–Crippen MR) is 80.5 cm³/mol. The zero-order valence-electron chi connectivity index (χ0n) is 13.0. The molecule has 0 aliphatic rings. The van der Waals surface area contributed by atoms with E-state index in [-0.39, 0.29) is 48.6 Å². The van der Waals surface area contributed by atoms with Crippen molar-refractivity contribution in [2.24, 2.45) is 5.73 Å². The van der Waals surface area contributed by atoms with E-state index in [0.29, 0.717) is 0 Å². The third-order valence-electron chi connectivity index (χ3n) is 2.56. The Morgan fingerprint density at radius 2 is 1.91 bits per heavy atom. The Balaban J connectivity index is 0. The standard InChI is InChI=1S/C11H20N3O6P.Na/c1-7(9(17)18)13-10(19)11(2,12)14-8(16)4-3-5-21(20)6-15;/h7,15H,3-6,12H2,1-2H3,(H2-,13,14,16,17,18,19);/p+1/t7-,11-;/m0./s1. The summed E-state index contributed by atoms with van der Waals surface area (Å²) in [4.78, 5) is 34.0. The van der Waals surface area contributed by atoms with E-state index < -0.39 is 43.6 Å². The fourth-order valence-electron chi connectivity index (χ4n) is 1.30. The van der Waals surface area contributed by atoms with E-state index >= 15 is 0 Å². The zero-order valence-corrected chi connectivity index (χ0v) is 15.9. The van der Waals surface area contributed by atoms with Crippen molar-refractivity contribution >= 4 is 55.1 Å². The first-order chi connectivity index (χ1) is 9.60. The van der Waals surface area contributed by atoms with E-state index in [0.717, 1.165) is 0 Å². The quantitative estimate of drug-likeness (QED) is 0.194. The molecular formula is C11H21N3NaO6P+. The number of nitrogens with two attached hydrogens (primary N) is 1. The molecule has 6 N–H and O–H groups in total. The monoisotopic (exact) mass is 345 g/mol. The summed E-state index contributed by atoms with van der Waals surface area (Å²) in [5, 5.41) is 21.7. The van der Waals surface area contributed by atoms with Gasteiger partial charge in [0, 0.05) is 36.0 Å². The van der Waals surface area contributed by atoms with Crippen LogP contribution in [0, 0.1) is 0 Å². The van der Waals surface area contributed by atoms with E-state index in [1.807, 2.05) is 0 Å². The van der Waals surface area contributed by atoms with Crippen LogP contribution in [-0.4, -0.2) is 81.8 Å². The van der Waals surface area contributed by atoms with Crippen LogP contribution in [0.25, 0.3) is 0 Å². The molecule has 11 heteroatoms. The normalized spacial score (nSPS) is 14.8. The summed E-state index contributed by atoms with van der Waals surface area (Å²) in [6.07, 6.45) is 0.0459. The first-order valence-corrected chi connectivity index (χ1v) is 7.89. The van der Waals surface area contributed by atoms with Gasteiger partial charge in [0.2, 0.25) is 12.3 Å². The maximum atomic E-state index is 11.7. The number of carbonyl (C=O) groups excluding carboxylic acids is 2. The van der Waals surface area contributed by atoms with Crippen LogP contribution in [0.5, 0.6) is 0 Å². The molecule has 1 radical (unpaired) electrons. The van der Waals surface area contributed by atoms with E-state index in [9.17, 15) is 18.9 Å². The van der Waals surface area contributed by atoms with Crippen LogP contribution in [-0.2, 0) is 18.9 Å². The number of aliphatic carboxylic acids is 1. The van der Waals surface area contributed by atoms with Crippen LogP contribution >= 0.6 is 7.80 Å². The number of carboxylic acid groups (broad SMARTS) is 1. The average molecular weight is 345 g/mol. The van der Waals surface area contributed by atoms with Crippen LogP contribution in [0.4, 0.5) is 0 Å². The molecule has 0 saturated heterocycles. The van der Waals surface area contributed by atoms with Gasteiger partial charge in [-0.2, -0.15) is 0 Å². The Morgan fingerprint density at radius 3 is 2.36 bits per heavy atom. The Labute approximate surface area is 151 Å². The Morgan fingerprint density at radius 1 is 1.36 bits per heavy atom. The number of rotatable bonds is 9. The molecule has 0 rings (SSSR count). The van der Waals surface area contributed by atoms with E-state index in [2.05, 4.69) is 10.6 Å². The molecule has 0 aliphatic heterocycles. The fourth-order valence-corrected chi connectivity index (χ4v) is 1.96. The molecule has 0 heterocycles. The Hall–Kier alpha value is -0.570. The van der Waals surface area contributed by atoms with Gasteiger partial charge in [-0.1, -0.05) is 4.57 Å². The summed E-state index contributed by atoms with van der Waals surface area (Å²) in [5.74, 6) is -2.58. The molecule has 2 amide bonds. The van der Waals surface area contributed by atoms with Gasteiger partial charge in [-0.3, -0.25) is 14.4 Å². The van der Waals surface area contributed by atoms with Crippen LogP contribution in [0.15, 0.2) is 0 Å². The molecule has 1 unspecified atom stereocenters. The largest absolute Gasteiger partial charge is 0.480 e. The third-order valence-corrected chi connectivity index (χ3v) is 3.69. The number of hydrogen-bond donors (Lipinski definition) is 5. The average Bonchev–Trinajstić information content (AvgIpc) is 2.37. The second-order valence-electron chi connectivity index (χ2n) is 4.73. The zero-order chi connectivity index (χ0) is 16.6. The smallest absolute Gasteiger partial charge is 0.366 e. The number of aliphatic hydroxyl groups excluding tert-OH is 1. The van der Waals surface area contributed by atoms with Gasteiger partial charge < -0.3 is 26.6 Å². The second-order valence-corrected chi connectivity index (χ2v) is 6.43. The molecule has 0 spiro atoms. The van der Waals surface area contributed by atoms with Gasteiger partial charge in [-0.25, -0.2) is 0 Å². The molecular weight excluding hydrogens is 324 g/mol. The number of nitrogens with one attached hydrogen (secondary N) is 2. The van der Waals surface area contributed by atoms with Gasteiger partial charge in [0.1, 0.15) is 12.2 Å². The van der Waals surface area contributed by atoms with Gasteiger partial charge >= 0.3 is 13.8 Å². The maximum Gasteiger partial charge on any atom is 0.366 e. The second kappa shape index (κ2) is 11.0. The molecule has 0 aliphatic carbocycles. The van der Waals surface area contributed by atoms with Gasteiger partial charge in [-0.05, 0) is 20.3 Å². The van der Waals surface area contributed by atoms with Crippen molar-refractivity contribution in [3.05, 3.63) is 0 Å². The van der Waals surface area contributed by atoms with Crippen LogP contribution in [0.2, 0.25) is 0 Å². The van der Waals surface area contributed by atoms with Gasteiger partial charge in [0.15, 0.2) is 5.66 Å². The van der Waals surface area contributed by atoms with Crippen molar-refractivity contribution in [2.75, 3.05) is 12.5 Å². The molecule has 0 saturated carbocycles. The van der Waals surface area contributed by atoms with Crippen LogP contribution in [0.3, 0.4) is 0 Å². The molecule has 9 nitrogen and oxygen atoms in total. The number of amides is 2. The molecule has 0 bridgehead atoms. The summed E-state index contributed by atoms with van der Waals surface area (Å²) >= 11 is 0. The van der Waals surface area contributed by atoms with Crippen LogP contribution < -0.4 is 16.4 Å². The molecule has 121 valence electrons. The molecule has 3 atom stereocenters. The number of hydrogen-bond acceptors (Lipinski definition) is 6. The maximum absolute atomic E-state index is 11.7. The first-order valence-electron chi connectivity index (χ1n) is 6.26. The first kappa shape index (κ1) is 23.7. The molecule has 0 aromatic rings. The SMILES string of the molecule is C[C@H](NC(=O)[C@@](C)(N)NC(=O)CCC[P+](=O)CO)C(=O)O.[Na]. The van der Waals surface area contributed by atoms with Gasteiger partial charge in [0.05, 0.1) is 0 Å². The minimum atomic E-state index is -1.75. The van der Waals surface area contributed by atoms with Gasteiger partial charge in [-0.15, -0.1) is 0 Å². The minimum absolute atomic E-state index is 0. The number of carboxylic acids is 1. The topological polar surface area (TPSA) is 159 Å². The summed E-state index contributed by atoms with van der Waals surface area (Å²) in [6.45, 7) is 2.51. The predicted octanol–water partition coefficient (Wildman–Crippen LogP) is -1.46. The van der Waals surface area contributed by atoms with Gasteiger partial charge in [0.25, 0.3) is 5.91 Å². The van der Waals surface area contributed by atoms with Crippen molar-refractivity contribution in [3.8, 4) is 0 Å². The fraction of sp³-hybridized carbons (Fsp3) is 0.727. The van der Waals surface area contributed by atoms with Crippen molar-refractivity contribution in [1.82, 2.24) is 10.6 Å². The van der Waals surface area contributed by atoms with Crippen molar-refractivity contribution < 1.29 is 29.2 Å². The summed E-state index contributed by atoms with van der Waals surface area (Å²) in [5.41, 5.74) is 3.88. The number of aliphatic hydroxyl groups is 1. The number of carbonyl (C=O) groups is 3. The Kier molecular flexibility index (Phi) is 11.9. The summed E-state index contributed by atoms with van der Waals surface area (Å²) < 4.78 is 11.0. The molecule has 0 aromatic heterocycles. The van der Waals surface area contributed by atoms with Crippen LogP contribution in [0.1, 0.15) is 26.7 Å². The van der Waals surface area contributed by atoms with Crippen molar-refractivity contribution in [1.29, 1.82) is 0 Å². The van der Waals surface area contributed by atoms with E-state index in [4.69, 9.17) is 15.9 Å². The molecule has 0 fully saturated rings. The van der Waals surface area contributed by atoms with Crippen molar-refractivity contribution in [2.45, 2.75) is 38.4 Å². The summed E-state index contributed by atoms with van der Waals surface area (Å²) in [6, 6.07) is -1.13. The van der Waals surface area contributed by atoms with E-state index in [1.54, 1.807) is 0 Å². The minimum Gasteiger partial charge on any atom is -0.480 e. The van der Waals surface area contributed by atoms with E-state index in [1.165, 1.54) is 13.8 Å². The summed E-state index contributed by atoms with van der Waals surface area (Å²) in [7, 11) is -1.72. The third kappa shape index (κ3) is 9.45.